The lowest BCUT2D eigenvalue weighted by Gasteiger charge is -2.31. The molecule has 2 aliphatic rings. The summed E-state index contributed by atoms with van der Waals surface area (Å²) < 4.78 is 0. The van der Waals surface area contributed by atoms with Gasteiger partial charge < -0.3 is 9.80 Å². The fourth-order valence-electron chi connectivity index (χ4n) is 4.27. The van der Waals surface area contributed by atoms with Crippen molar-refractivity contribution in [3.05, 3.63) is 65.2 Å². The predicted octanol–water partition coefficient (Wildman–Crippen LogP) is 3.69. The summed E-state index contributed by atoms with van der Waals surface area (Å²) in [6, 6.07) is 16.3. The summed E-state index contributed by atoms with van der Waals surface area (Å²) in [6.07, 6.45) is 4.07. The van der Waals surface area contributed by atoms with Crippen LogP contribution in [0.1, 0.15) is 41.3 Å². The van der Waals surface area contributed by atoms with E-state index in [1.54, 1.807) is 6.92 Å². The number of fused-ring (bicyclic) bond motifs is 1. The Hall–Kier alpha value is -2.62. The van der Waals surface area contributed by atoms with E-state index in [4.69, 9.17) is 0 Å². The van der Waals surface area contributed by atoms with Gasteiger partial charge in [-0.05, 0) is 60.9 Å². The van der Waals surface area contributed by atoms with Crippen molar-refractivity contribution >= 4 is 17.5 Å². The van der Waals surface area contributed by atoms with Crippen LogP contribution in [0.3, 0.4) is 0 Å². The normalized spacial score (nSPS) is 17.1. The summed E-state index contributed by atoms with van der Waals surface area (Å²) in [5.41, 5.74) is 4.32. The van der Waals surface area contributed by atoms with Crippen LogP contribution in [0.25, 0.3) is 0 Å². The Balaban J connectivity index is 1.38. The highest BCUT2D eigenvalue weighted by atomic mass is 16.2. The van der Waals surface area contributed by atoms with Crippen LogP contribution in [0.15, 0.2) is 48.5 Å². The molecule has 2 aliphatic heterocycles. The van der Waals surface area contributed by atoms with E-state index in [0.717, 1.165) is 56.6 Å². The highest BCUT2D eigenvalue weighted by molar-refractivity contribution is 6.07. The van der Waals surface area contributed by atoms with Gasteiger partial charge in [0.2, 0.25) is 5.91 Å². The number of amides is 2. The molecule has 4 heteroatoms. The molecule has 27 heavy (non-hydrogen) atoms. The molecular weight excluding hydrogens is 336 g/mol. The molecule has 0 spiro atoms. The van der Waals surface area contributed by atoms with Gasteiger partial charge in [-0.15, -0.1) is 0 Å². The minimum atomic E-state index is 0.0845. The average molecular weight is 362 g/mol. The molecule has 1 fully saturated rings. The smallest absolute Gasteiger partial charge is 0.258 e. The molecule has 0 saturated carbocycles. The second-order valence-electron chi connectivity index (χ2n) is 7.69. The number of anilines is 1. The topological polar surface area (TPSA) is 40.6 Å². The first-order chi connectivity index (χ1) is 13.1. The Morgan fingerprint density at radius 3 is 2.37 bits per heavy atom. The molecule has 4 nitrogen and oxygen atoms in total. The number of hydrogen-bond acceptors (Lipinski definition) is 2. The third kappa shape index (κ3) is 3.75. The van der Waals surface area contributed by atoms with Crippen molar-refractivity contribution in [2.45, 2.75) is 32.6 Å². The minimum absolute atomic E-state index is 0.0845. The molecule has 2 aromatic carbocycles. The van der Waals surface area contributed by atoms with Crippen molar-refractivity contribution in [1.29, 1.82) is 0 Å². The van der Waals surface area contributed by atoms with Crippen molar-refractivity contribution in [2.24, 2.45) is 5.92 Å². The van der Waals surface area contributed by atoms with Gasteiger partial charge in [-0.2, -0.15) is 0 Å². The van der Waals surface area contributed by atoms with Crippen LogP contribution in [-0.4, -0.2) is 36.3 Å². The van der Waals surface area contributed by atoms with Crippen LogP contribution in [0.2, 0.25) is 0 Å². The maximum absolute atomic E-state index is 12.9. The number of carbonyl (C=O) groups excluding carboxylic acids is 2. The molecule has 0 aromatic heterocycles. The van der Waals surface area contributed by atoms with Crippen LogP contribution < -0.4 is 4.90 Å². The monoisotopic (exact) mass is 362 g/mol. The molecule has 4 rings (SSSR count). The van der Waals surface area contributed by atoms with Gasteiger partial charge in [0, 0.05) is 37.8 Å². The van der Waals surface area contributed by atoms with Crippen molar-refractivity contribution < 1.29 is 9.59 Å². The van der Waals surface area contributed by atoms with E-state index >= 15 is 0 Å². The number of carbonyl (C=O) groups is 2. The Morgan fingerprint density at radius 2 is 1.67 bits per heavy atom. The number of rotatable bonds is 3. The lowest BCUT2D eigenvalue weighted by molar-refractivity contribution is -0.130. The Morgan fingerprint density at radius 1 is 0.963 bits per heavy atom. The van der Waals surface area contributed by atoms with Crippen LogP contribution in [0, 0.1) is 5.92 Å². The fourth-order valence-corrected chi connectivity index (χ4v) is 4.27. The molecule has 2 heterocycles. The first-order valence-electron chi connectivity index (χ1n) is 9.86. The van der Waals surface area contributed by atoms with Crippen molar-refractivity contribution in [2.75, 3.05) is 24.5 Å². The number of benzene rings is 2. The van der Waals surface area contributed by atoms with Crippen LogP contribution >= 0.6 is 0 Å². The molecule has 0 bridgehead atoms. The van der Waals surface area contributed by atoms with Gasteiger partial charge in [0.1, 0.15) is 0 Å². The number of likely N-dealkylation sites (tertiary alicyclic amines) is 1. The van der Waals surface area contributed by atoms with Crippen molar-refractivity contribution in [3.63, 3.8) is 0 Å². The van der Waals surface area contributed by atoms with E-state index in [0.29, 0.717) is 5.92 Å². The third-order valence-corrected chi connectivity index (χ3v) is 5.92. The Bertz CT molecular complexity index is 836. The molecule has 0 atom stereocenters. The van der Waals surface area contributed by atoms with Crippen molar-refractivity contribution in [1.82, 2.24) is 4.90 Å². The van der Waals surface area contributed by atoms with Gasteiger partial charge in [-0.25, -0.2) is 0 Å². The third-order valence-electron chi connectivity index (χ3n) is 5.92. The average Bonchev–Trinajstić information content (AvgIpc) is 3.12. The first kappa shape index (κ1) is 17.8. The van der Waals surface area contributed by atoms with Gasteiger partial charge in [0.15, 0.2) is 0 Å². The number of nitrogens with zero attached hydrogens (tertiary/aromatic N) is 2. The van der Waals surface area contributed by atoms with E-state index in [9.17, 15) is 9.59 Å². The van der Waals surface area contributed by atoms with Gasteiger partial charge in [0.05, 0.1) is 0 Å². The van der Waals surface area contributed by atoms with E-state index in [1.165, 1.54) is 11.1 Å². The summed E-state index contributed by atoms with van der Waals surface area (Å²) in [5, 5.41) is 0. The van der Waals surface area contributed by atoms with Gasteiger partial charge in [-0.1, -0.05) is 30.3 Å². The summed E-state index contributed by atoms with van der Waals surface area (Å²) >= 11 is 0. The molecule has 0 N–H and O–H groups in total. The zero-order valence-electron chi connectivity index (χ0n) is 15.9. The van der Waals surface area contributed by atoms with Gasteiger partial charge >= 0.3 is 0 Å². The molecular formula is C23H26N2O2. The second-order valence-corrected chi connectivity index (χ2v) is 7.69. The minimum Gasteiger partial charge on any atom is -0.343 e. The summed E-state index contributed by atoms with van der Waals surface area (Å²) in [5.74, 6) is 0.883. The number of hydrogen-bond donors (Lipinski definition) is 0. The molecule has 2 amide bonds. The highest BCUT2D eigenvalue weighted by Crippen LogP contribution is 2.29. The molecule has 2 aromatic rings. The largest absolute Gasteiger partial charge is 0.343 e. The molecule has 0 radical (unpaired) electrons. The SMILES string of the molecule is CC(=O)N1CCC(Cc2ccc(C(=O)N3CCc4ccccc43)cc2)CC1. The maximum Gasteiger partial charge on any atom is 0.258 e. The molecule has 140 valence electrons. The standard InChI is InChI=1S/C23H26N2O2/c1-17(26)24-13-10-19(11-14-24)16-18-6-8-21(9-7-18)23(27)25-15-12-20-4-2-3-5-22(20)25/h2-9,19H,10-16H2,1H3. The zero-order chi connectivity index (χ0) is 18.8. The predicted molar refractivity (Wildman–Crippen MR) is 107 cm³/mol. The molecule has 1 saturated heterocycles. The quantitative estimate of drug-likeness (QED) is 0.835. The molecule has 0 unspecified atom stereocenters. The van der Waals surface area contributed by atoms with Gasteiger partial charge in [-0.3, -0.25) is 9.59 Å². The zero-order valence-corrected chi connectivity index (χ0v) is 15.9. The van der Waals surface area contributed by atoms with Gasteiger partial charge in [0.25, 0.3) is 5.91 Å². The maximum atomic E-state index is 12.9. The molecule has 0 aliphatic carbocycles. The summed E-state index contributed by atoms with van der Waals surface area (Å²) in [7, 11) is 0. The summed E-state index contributed by atoms with van der Waals surface area (Å²) in [6.45, 7) is 4.14. The lowest BCUT2D eigenvalue weighted by atomic mass is 9.90. The lowest BCUT2D eigenvalue weighted by Crippen LogP contribution is -2.37. The van der Waals surface area contributed by atoms with E-state index < -0.39 is 0 Å². The van der Waals surface area contributed by atoms with Crippen LogP contribution in [0.4, 0.5) is 5.69 Å². The summed E-state index contributed by atoms with van der Waals surface area (Å²) in [4.78, 5) is 28.2. The van der Waals surface area contributed by atoms with E-state index in [2.05, 4.69) is 18.2 Å². The second kappa shape index (κ2) is 7.55. The Labute approximate surface area is 160 Å². The van der Waals surface area contributed by atoms with Crippen LogP contribution in [-0.2, 0) is 17.6 Å². The highest BCUT2D eigenvalue weighted by Gasteiger charge is 2.25. The number of piperidine rings is 1. The van der Waals surface area contributed by atoms with Crippen molar-refractivity contribution in [3.8, 4) is 0 Å². The van der Waals surface area contributed by atoms with E-state index in [1.807, 2.05) is 40.1 Å². The first-order valence-corrected chi connectivity index (χ1v) is 9.86. The Kier molecular flexibility index (Phi) is 4.97. The van der Waals surface area contributed by atoms with E-state index in [-0.39, 0.29) is 11.8 Å². The fraction of sp³-hybridized carbons (Fsp3) is 0.391. The van der Waals surface area contributed by atoms with Crippen LogP contribution in [0.5, 0.6) is 0 Å². The number of para-hydroxylation sites is 1.